The maximum absolute atomic E-state index is 12.5. The summed E-state index contributed by atoms with van der Waals surface area (Å²) in [5.74, 6) is -0.144. The fourth-order valence-corrected chi connectivity index (χ4v) is 3.89. The number of hydrogen-bond acceptors (Lipinski definition) is 7. The number of rotatable bonds is 6. The van der Waals surface area contributed by atoms with Gasteiger partial charge in [0, 0.05) is 0 Å². The summed E-state index contributed by atoms with van der Waals surface area (Å²) in [5.41, 5.74) is 3.61. The summed E-state index contributed by atoms with van der Waals surface area (Å²) in [4.78, 5) is 12.5. The molecule has 8 nitrogen and oxygen atoms in total. The number of phenolic OH excluding ortho intramolecular Hbond substituents is 1. The van der Waals surface area contributed by atoms with Crippen LogP contribution in [0.15, 0.2) is 29.4 Å². The zero-order valence-electron chi connectivity index (χ0n) is 15.4. The molecule has 144 valence electrons. The third-order valence-corrected chi connectivity index (χ3v) is 6.85. The number of carbonyl (C=O) groups excluding carboxylic acids is 1. The van der Waals surface area contributed by atoms with Crippen molar-refractivity contribution < 1.29 is 18.3 Å². The molecule has 26 heavy (non-hydrogen) atoms. The number of nitrogens with one attached hydrogen (secondary N) is 3. The number of nitrogens with zero attached hydrogens (tertiary/aromatic N) is 1. The van der Waals surface area contributed by atoms with Gasteiger partial charge in [0.1, 0.15) is 16.7 Å². The molecule has 0 aliphatic carbocycles. The average molecular weight is 382 g/mol. The van der Waals surface area contributed by atoms with E-state index in [1.54, 1.807) is 24.3 Å². The molecular formula is C17H26N4O4S. The highest BCUT2D eigenvalue weighted by atomic mass is 32.2. The zero-order valence-corrected chi connectivity index (χ0v) is 16.2. The molecule has 1 aliphatic heterocycles. The summed E-state index contributed by atoms with van der Waals surface area (Å²) in [5, 5.41) is 18.8. The third kappa shape index (κ3) is 4.46. The van der Waals surface area contributed by atoms with E-state index in [2.05, 4.69) is 21.2 Å². The second-order valence-electron chi connectivity index (χ2n) is 7.22. The summed E-state index contributed by atoms with van der Waals surface area (Å²) in [6.07, 6.45) is 0.120. The van der Waals surface area contributed by atoms with Crippen LogP contribution in [0.3, 0.4) is 0 Å². The highest BCUT2D eigenvalue weighted by Gasteiger charge is 2.42. The van der Waals surface area contributed by atoms with Crippen molar-refractivity contribution in [2.75, 3.05) is 5.75 Å². The molecule has 1 amide bonds. The van der Waals surface area contributed by atoms with E-state index in [4.69, 9.17) is 0 Å². The molecule has 0 saturated heterocycles. The van der Waals surface area contributed by atoms with Gasteiger partial charge in [0.05, 0.1) is 5.75 Å². The van der Waals surface area contributed by atoms with Gasteiger partial charge in [-0.1, -0.05) is 26.0 Å². The van der Waals surface area contributed by atoms with Crippen molar-refractivity contribution in [3.8, 4) is 5.75 Å². The van der Waals surface area contributed by atoms with E-state index < -0.39 is 20.5 Å². The minimum atomic E-state index is -3.61. The van der Waals surface area contributed by atoms with E-state index in [9.17, 15) is 18.3 Å². The first kappa shape index (κ1) is 20.0. The quantitative estimate of drug-likeness (QED) is 0.587. The van der Waals surface area contributed by atoms with E-state index >= 15 is 0 Å². The normalized spacial score (nSPS) is 17.4. The highest BCUT2D eigenvalue weighted by Crippen LogP contribution is 2.21. The minimum Gasteiger partial charge on any atom is -0.508 e. The van der Waals surface area contributed by atoms with E-state index in [-0.39, 0.29) is 29.5 Å². The van der Waals surface area contributed by atoms with Gasteiger partial charge in [-0.3, -0.25) is 15.5 Å². The van der Waals surface area contributed by atoms with Gasteiger partial charge in [-0.25, -0.2) is 8.42 Å². The number of amides is 1. The van der Waals surface area contributed by atoms with Crippen LogP contribution in [0, 0.1) is 5.92 Å². The molecule has 2 rings (SSSR count). The van der Waals surface area contributed by atoms with Crippen LogP contribution in [0.25, 0.3) is 0 Å². The lowest BCUT2D eigenvalue weighted by molar-refractivity contribution is -0.121. The van der Waals surface area contributed by atoms with Gasteiger partial charge in [-0.05, 0) is 43.9 Å². The van der Waals surface area contributed by atoms with Gasteiger partial charge in [0.15, 0.2) is 9.84 Å². The first-order valence-corrected chi connectivity index (χ1v) is 10.1. The lowest BCUT2D eigenvalue weighted by atomic mass is 10.1. The van der Waals surface area contributed by atoms with E-state index in [1.165, 1.54) is 13.8 Å². The standard InChI is InChI=1S/C17H26N4O4S/c1-11(2)9-10-26(24,25)17(3,4)15(23)19-16-18-14(20-21-16)12-5-7-13(22)8-6-12/h5-8,11,14,20,22H,9-10H2,1-4H3,(H2,18,19,21,23). The number of benzene rings is 1. The zero-order chi connectivity index (χ0) is 19.5. The average Bonchev–Trinajstić information content (AvgIpc) is 3.02. The number of aromatic hydroxyl groups is 1. The lowest BCUT2D eigenvalue weighted by Crippen LogP contribution is -2.52. The minimum absolute atomic E-state index is 0.0423. The Hall–Kier alpha value is -2.29. The van der Waals surface area contributed by atoms with E-state index in [1.807, 2.05) is 13.8 Å². The molecule has 0 saturated carbocycles. The molecule has 1 aliphatic rings. The topological polar surface area (TPSA) is 120 Å². The number of hydrogen-bond donors (Lipinski definition) is 4. The Kier molecular flexibility index (Phi) is 5.80. The van der Waals surface area contributed by atoms with Crippen LogP contribution >= 0.6 is 0 Å². The van der Waals surface area contributed by atoms with Crippen LogP contribution < -0.4 is 16.1 Å². The van der Waals surface area contributed by atoms with Crippen molar-refractivity contribution in [3.05, 3.63) is 29.8 Å². The second kappa shape index (κ2) is 7.53. The second-order valence-corrected chi connectivity index (χ2v) is 9.88. The van der Waals surface area contributed by atoms with Crippen molar-refractivity contribution in [2.24, 2.45) is 11.0 Å². The molecule has 1 unspecified atom stereocenters. The smallest absolute Gasteiger partial charge is 0.247 e. The summed E-state index contributed by atoms with van der Waals surface area (Å²) in [7, 11) is -3.61. The first-order chi connectivity index (χ1) is 12.0. The van der Waals surface area contributed by atoms with Crippen molar-refractivity contribution in [1.29, 1.82) is 0 Å². The molecule has 0 radical (unpaired) electrons. The molecule has 9 heteroatoms. The van der Waals surface area contributed by atoms with Crippen molar-refractivity contribution in [3.63, 3.8) is 0 Å². The molecule has 1 aromatic rings. The van der Waals surface area contributed by atoms with E-state index in [0.717, 1.165) is 5.56 Å². The Balaban J connectivity index is 2.00. The van der Waals surface area contributed by atoms with Gasteiger partial charge < -0.3 is 10.4 Å². The van der Waals surface area contributed by atoms with Gasteiger partial charge in [0.2, 0.25) is 11.9 Å². The van der Waals surface area contributed by atoms with Crippen LogP contribution in [-0.2, 0) is 14.6 Å². The molecule has 0 aromatic heterocycles. The summed E-state index contributed by atoms with van der Waals surface area (Å²) >= 11 is 0. The molecular weight excluding hydrogens is 356 g/mol. The summed E-state index contributed by atoms with van der Waals surface area (Å²) in [6.45, 7) is 6.68. The Morgan fingerprint density at radius 2 is 1.92 bits per heavy atom. The number of sulfone groups is 1. The molecule has 0 bridgehead atoms. The third-order valence-electron chi connectivity index (χ3n) is 4.33. The molecule has 4 N–H and O–H groups in total. The fraction of sp³-hybridized carbons (Fsp3) is 0.529. The van der Waals surface area contributed by atoms with Gasteiger partial charge in [0.25, 0.3) is 0 Å². The maximum atomic E-state index is 12.5. The summed E-state index contributed by atoms with van der Waals surface area (Å²) in [6, 6.07) is 6.50. The number of hydrazone groups is 1. The Bertz CT molecular complexity index is 785. The lowest BCUT2D eigenvalue weighted by Gasteiger charge is -2.24. The summed E-state index contributed by atoms with van der Waals surface area (Å²) < 4.78 is 23.5. The fourth-order valence-electron chi connectivity index (χ4n) is 2.26. The van der Waals surface area contributed by atoms with Crippen LogP contribution in [0.2, 0.25) is 0 Å². The Morgan fingerprint density at radius 3 is 2.50 bits per heavy atom. The number of guanidine groups is 1. The van der Waals surface area contributed by atoms with Gasteiger partial charge in [-0.2, -0.15) is 0 Å². The molecule has 1 heterocycles. The van der Waals surface area contributed by atoms with Crippen molar-refractivity contribution in [1.82, 2.24) is 16.1 Å². The van der Waals surface area contributed by atoms with Gasteiger partial charge in [-0.15, -0.1) is 5.10 Å². The first-order valence-electron chi connectivity index (χ1n) is 8.45. The van der Waals surface area contributed by atoms with Crippen LogP contribution in [-0.4, -0.2) is 35.9 Å². The van der Waals surface area contributed by atoms with E-state index in [0.29, 0.717) is 6.42 Å². The predicted molar refractivity (Wildman–Crippen MR) is 100 cm³/mol. The van der Waals surface area contributed by atoms with Gasteiger partial charge >= 0.3 is 0 Å². The Morgan fingerprint density at radius 1 is 1.31 bits per heavy atom. The predicted octanol–water partition coefficient (Wildman–Crippen LogP) is 1.21. The monoisotopic (exact) mass is 382 g/mol. The van der Waals surface area contributed by atoms with Crippen LogP contribution in [0.4, 0.5) is 0 Å². The largest absolute Gasteiger partial charge is 0.508 e. The molecule has 0 fully saturated rings. The number of carbonyl (C=O) groups is 1. The maximum Gasteiger partial charge on any atom is 0.247 e. The molecule has 1 atom stereocenters. The molecule has 1 aromatic carbocycles. The van der Waals surface area contributed by atoms with Crippen molar-refractivity contribution in [2.45, 2.75) is 45.0 Å². The molecule has 0 spiro atoms. The van der Waals surface area contributed by atoms with Crippen LogP contribution in [0.5, 0.6) is 5.75 Å². The number of phenols is 1. The SMILES string of the molecule is CC(C)CCS(=O)(=O)C(C)(C)C(=O)NC1=NNC(c2ccc(O)cc2)N1. The van der Waals surface area contributed by atoms with Crippen molar-refractivity contribution >= 4 is 21.7 Å². The Labute approximate surface area is 154 Å². The highest BCUT2D eigenvalue weighted by molar-refractivity contribution is 7.93. The van der Waals surface area contributed by atoms with Crippen LogP contribution in [0.1, 0.15) is 45.8 Å².